The monoisotopic (exact) mass is 280 g/mol. The van der Waals surface area contributed by atoms with E-state index in [1.165, 1.54) is 14.2 Å². The van der Waals surface area contributed by atoms with Crippen LogP contribution in [0.4, 0.5) is 11.4 Å². The first-order valence-corrected chi connectivity index (χ1v) is 5.35. The second-order valence-electron chi connectivity index (χ2n) is 3.43. The summed E-state index contributed by atoms with van der Waals surface area (Å²) in [6, 6.07) is 3.20. The topological polar surface area (TPSA) is 169 Å². The SMILES string of the molecule is COc1c(N=NC(=N)N)ccc(NN=C(N)N)c1OC. The average molecular weight is 280 g/mol. The van der Waals surface area contributed by atoms with Crippen LogP contribution >= 0.6 is 0 Å². The molecule has 10 heteroatoms. The molecular formula is C10H16N8O2. The number of nitrogens with zero attached hydrogens (tertiary/aromatic N) is 3. The molecule has 0 amide bonds. The van der Waals surface area contributed by atoms with Crippen molar-refractivity contribution in [2.75, 3.05) is 19.6 Å². The van der Waals surface area contributed by atoms with Gasteiger partial charge in [0.15, 0.2) is 11.5 Å². The Morgan fingerprint density at radius 3 is 2.30 bits per heavy atom. The molecule has 0 radical (unpaired) electrons. The molecule has 10 nitrogen and oxygen atoms in total. The van der Waals surface area contributed by atoms with E-state index in [0.29, 0.717) is 22.9 Å². The van der Waals surface area contributed by atoms with Crippen LogP contribution in [0.2, 0.25) is 0 Å². The molecule has 0 saturated heterocycles. The summed E-state index contributed by atoms with van der Waals surface area (Å²) in [4.78, 5) is 0. The van der Waals surface area contributed by atoms with Crippen molar-refractivity contribution in [2.45, 2.75) is 0 Å². The third-order valence-corrected chi connectivity index (χ3v) is 2.07. The second-order valence-corrected chi connectivity index (χ2v) is 3.43. The number of benzene rings is 1. The largest absolute Gasteiger partial charge is 0.491 e. The second kappa shape index (κ2) is 6.78. The van der Waals surface area contributed by atoms with Crippen LogP contribution in [0, 0.1) is 5.41 Å². The minimum atomic E-state index is -0.422. The predicted molar refractivity (Wildman–Crippen MR) is 75.4 cm³/mol. The van der Waals surface area contributed by atoms with Gasteiger partial charge in [0, 0.05) is 0 Å². The van der Waals surface area contributed by atoms with E-state index in [2.05, 4.69) is 20.8 Å². The van der Waals surface area contributed by atoms with Gasteiger partial charge in [-0.15, -0.1) is 15.3 Å². The van der Waals surface area contributed by atoms with Crippen molar-refractivity contribution in [2.24, 2.45) is 32.5 Å². The van der Waals surface area contributed by atoms with Crippen LogP contribution < -0.4 is 32.1 Å². The Bertz CT molecular complexity index is 550. The highest BCUT2D eigenvalue weighted by Gasteiger charge is 2.15. The summed E-state index contributed by atoms with van der Waals surface area (Å²) in [7, 11) is 2.89. The standard InChI is InChI=1S/C10H16N8O2/c1-19-7-5(15-17-9(11)12)3-4-6(8(7)20-2)16-18-10(13)14/h3-4,15H,1-2H3,(H3,13,14)(H4,11,12,17). The minimum absolute atomic E-state index is 0.133. The predicted octanol–water partition coefficient (Wildman–Crippen LogP) is 0.281. The molecule has 0 aromatic heterocycles. The normalized spacial score (nSPS) is 10.1. The number of hydrazone groups is 1. The maximum absolute atomic E-state index is 7.01. The summed E-state index contributed by atoms with van der Waals surface area (Å²) in [5.74, 6) is 0.0749. The zero-order chi connectivity index (χ0) is 15.1. The molecular weight excluding hydrogens is 264 g/mol. The van der Waals surface area contributed by atoms with Gasteiger partial charge in [0.1, 0.15) is 11.4 Å². The van der Waals surface area contributed by atoms with Crippen LogP contribution in [0.5, 0.6) is 11.5 Å². The first-order valence-electron chi connectivity index (χ1n) is 5.35. The van der Waals surface area contributed by atoms with Gasteiger partial charge in [0.25, 0.3) is 0 Å². The zero-order valence-corrected chi connectivity index (χ0v) is 11.0. The van der Waals surface area contributed by atoms with Crippen LogP contribution in [0.25, 0.3) is 0 Å². The maximum atomic E-state index is 7.01. The molecule has 0 bridgehead atoms. The molecule has 0 aliphatic carbocycles. The van der Waals surface area contributed by atoms with Crippen molar-refractivity contribution in [1.29, 1.82) is 5.41 Å². The first-order chi connectivity index (χ1) is 9.49. The molecule has 1 rings (SSSR count). The van der Waals surface area contributed by atoms with Crippen LogP contribution in [0.1, 0.15) is 0 Å². The van der Waals surface area contributed by atoms with Crippen molar-refractivity contribution >= 4 is 23.3 Å². The first kappa shape index (κ1) is 15.0. The third-order valence-electron chi connectivity index (χ3n) is 2.07. The molecule has 0 aliphatic heterocycles. The number of rotatable bonds is 5. The van der Waals surface area contributed by atoms with Gasteiger partial charge in [-0.25, -0.2) is 0 Å². The highest BCUT2D eigenvalue weighted by Crippen LogP contribution is 2.42. The fourth-order valence-electron chi connectivity index (χ4n) is 1.35. The minimum Gasteiger partial charge on any atom is -0.491 e. The van der Waals surface area contributed by atoms with Crippen molar-refractivity contribution in [3.63, 3.8) is 0 Å². The Morgan fingerprint density at radius 1 is 1.15 bits per heavy atom. The number of hydrogen-bond donors (Lipinski definition) is 5. The smallest absolute Gasteiger partial charge is 0.232 e. The summed E-state index contributed by atoms with van der Waals surface area (Å²) in [5, 5.41) is 17.9. The van der Waals surface area contributed by atoms with Crippen molar-refractivity contribution in [1.82, 2.24) is 0 Å². The molecule has 0 spiro atoms. The fourth-order valence-corrected chi connectivity index (χ4v) is 1.35. The lowest BCUT2D eigenvalue weighted by atomic mass is 10.2. The summed E-state index contributed by atoms with van der Waals surface area (Å²) in [5.41, 5.74) is 19.0. The summed E-state index contributed by atoms with van der Waals surface area (Å²) in [6.07, 6.45) is 0. The van der Waals surface area contributed by atoms with E-state index in [-0.39, 0.29) is 5.96 Å². The van der Waals surface area contributed by atoms with Crippen LogP contribution in [-0.4, -0.2) is 26.1 Å². The van der Waals surface area contributed by atoms with Gasteiger partial charge >= 0.3 is 0 Å². The van der Waals surface area contributed by atoms with Gasteiger partial charge in [-0.3, -0.25) is 10.8 Å². The number of anilines is 1. The molecule has 0 heterocycles. The molecule has 0 saturated carbocycles. The highest BCUT2D eigenvalue weighted by atomic mass is 16.5. The number of azo groups is 1. The van der Waals surface area contributed by atoms with Crippen LogP contribution in [0.3, 0.4) is 0 Å². The van der Waals surface area contributed by atoms with Gasteiger partial charge in [-0.05, 0) is 12.1 Å². The number of ether oxygens (including phenoxy) is 2. The number of hydrogen-bond acceptors (Lipinski definition) is 6. The van der Waals surface area contributed by atoms with Crippen LogP contribution in [-0.2, 0) is 0 Å². The Balaban J connectivity index is 3.25. The van der Waals surface area contributed by atoms with E-state index >= 15 is 0 Å². The van der Waals surface area contributed by atoms with Crippen molar-refractivity contribution < 1.29 is 9.47 Å². The Hall–Kier alpha value is -3.04. The lowest BCUT2D eigenvalue weighted by Crippen LogP contribution is -2.24. The Labute approximate surface area is 115 Å². The molecule has 0 fully saturated rings. The average Bonchev–Trinajstić information content (AvgIpc) is 2.41. The zero-order valence-electron chi connectivity index (χ0n) is 11.0. The van der Waals surface area contributed by atoms with Gasteiger partial charge in [-0.2, -0.15) is 0 Å². The molecule has 0 aliphatic rings. The molecule has 108 valence electrons. The molecule has 20 heavy (non-hydrogen) atoms. The van der Waals surface area contributed by atoms with E-state index in [4.69, 9.17) is 32.1 Å². The van der Waals surface area contributed by atoms with Gasteiger partial charge in [0.05, 0.1) is 14.2 Å². The van der Waals surface area contributed by atoms with E-state index in [1.807, 2.05) is 0 Å². The molecule has 0 unspecified atom stereocenters. The molecule has 1 aromatic carbocycles. The van der Waals surface area contributed by atoms with E-state index in [9.17, 15) is 0 Å². The molecule has 8 N–H and O–H groups in total. The maximum Gasteiger partial charge on any atom is 0.232 e. The van der Waals surface area contributed by atoms with Gasteiger partial charge < -0.3 is 26.7 Å². The van der Waals surface area contributed by atoms with Crippen molar-refractivity contribution in [3.05, 3.63) is 12.1 Å². The van der Waals surface area contributed by atoms with E-state index in [0.717, 1.165) is 0 Å². The Kier molecular flexibility index (Phi) is 5.09. The fraction of sp³-hybridized carbons (Fsp3) is 0.200. The van der Waals surface area contributed by atoms with Gasteiger partial charge in [0.2, 0.25) is 11.9 Å². The lowest BCUT2D eigenvalue weighted by Gasteiger charge is -2.13. The quantitative estimate of drug-likeness (QED) is 0.224. The number of nitrogens with two attached hydrogens (primary N) is 3. The van der Waals surface area contributed by atoms with Crippen molar-refractivity contribution in [3.8, 4) is 11.5 Å². The van der Waals surface area contributed by atoms with Crippen LogP contribution in [0.15, 0.2) is 27.5 Å². The third kappa shape index (κ3) is 3.73. The highest BCUT2D eigenvalue weighted by molar-refractivity contribution is 5.79. The number of guanidine groups is 2. The Morgan fingerprint density at radius 2 is 1.80 bits per heavy atom. The summed E-state index contributed by atoms with van der Waals surface area (Å²) >= 11 is 0. The molecule has 1 aromatic rings. The van der Waals surface area contributed by atoms with E-state index < -0.39 is 5.96 Å². The lowest BCUT2D eigenvalue weighted by molar-refractivity contribution is 0.357. The summed E-state index contributed by atoms with van der Waals surface area (Å²) in [6.45, 7) is 0. The summed E-state index contributed by atoms with van der Waals surface area (Å²) < 4.78 is 10.4. The number of methoxy groups -OCH3 is 2. The molecule has 0 atom stereocenters. The number of nitrogens with one attached hydrogen (secondary N) is 2. The van der Waals surface area contributed by atoms with E-state index in [1.54, 1.807) is 12.1 Å². The van der Waals surface area contributed by atoms with Gasteiger partial charge in [-0.1, -0.05) is 0 Å².